The van der Waals surface area contributed by atoms with Gasteiger partial charge in [0.15, 0.2) is 0 Å². The third-order valence-electron chi connectivity index (χ3n) is 3.05. The fraction of sp³-hybridized carbons (Fsp3) is 1.00. The molecule has 0 aromatic rings. The summed E-state index contributed by atoms with van der Waals surface area (Å²) in [7, 11) is -2.98. The fourth-order valence-corrected chi connectivity index (χ4v) is 3.75. The van der Waals surface area contributed by atoms with Crippen LogP contribution in [0.1, 0.15) is 12.8 Å². The first kappa shape index (κ1) is 11.3. The maximum absolute atomic E-state index is 11.9. The van der Waals surface area contributed by atoms with Crippen LogP contribution in [-0.4, -0.2) is 67.3 Å². The third-order valence-corrected chi connectivity index (χ3v) is 5.45. The maximum atomic E-state index is 11.9. The van der Waals surface area contributed by atoms with Crippen molar-refractivity contribution in [2.45, 2.75) is 18.1 Å². The van der Waals surface area contributed by atoms with E-state index in [0.29, 0.717) is 19.6 Å². The molecule has 0 radical (unpaired) electrons. The molecular weight excluding hydrogens is 216 g/mol. The summed E-state index contributed by atoms with van der Waals surface area (Å²) in [5.41, 5.74) is 0. The molecular formula is C9H18N2O3S. The quantitative estimate of drug-likeness (QED) is 0.684. The molecule has 0 amide bonds. The van der Waals surface area contributed by atoms with Gasteiger partial charge in [0.05, 0.1) is 11.9 Å². The van der Waals surface area contributed by atoms with Crippen molar-refractivity contribution < 1.29 is 13.5 Å². The highest BCUT2D eigenvalue weighted by Crippen LogP contribution is 2.31. The summed E-state index contributed by atoms with van der Waals surface area (Å²) in [6.07, 6.45) is 1.67. The summed E-state index contributed by atoms with van der Waals surface area (Å²) in [6, 6.07) is 0. The molecule has 2 rings (SSSR count). The number of aliphatic hydroxyl groups is 1. The Morgan fingerprint density at radius 1 is 1.13 bits per heavy atom. The molecule has 1 saturated carbocycles. The molecule has 0 aromatic carbocycles. The van der Waals surface area contributed by atoms with E-state index in [1.165, 1.54) is 0 Å². The monoisotopic (exact) mass is 234 g/mol. The zero-order valence-corrected chi connectivity index (χ0v) is 9.62. The van der Waals surface area contributed by atoms with Crippen molar-refractivity contribution in [3.05, 3.63) is 0 Å². The number of sulfonamides is 1. The molecule has 0 aromatic heterocycles. The van der Waals surface area contributed by atoms with Crippen molar-refractivity contribution >= 4 is 10.0 Å². The van der Waals surface area contributed by atoms with Crippen LogP contribution in [0.4, 0.5) is 0 Å². The first-order valence-corrected chi connectivity index (χ1v) is 6.97. The second kappa shape index (κ2) is 4.37. The summed E-state index contributed by atoms with van der Waals surface area (Å²) in [6.45, 7) is 3.45. The number of hydrogen-bond donors (Lipinski definition) is 1. The molecule has 6 heteroatoms. The van der Waals surface area contributed by atoms with Gasteiger partial charge in [-0.2, -0.15) is 4.31 Å². The van der Waals surface area contributed by atoms with E-state index >= 15 is 0 Å². The Balaban J connectivity index is 1.87. The lowest BCUT2D eigenvalue weighted by Gasteiger charge is -2.33. The number of β-amino-alcohol motifs (C(OH)–C–C–N with tert-alkyl or cyclic N) is 1. The van der Waals surface area contributed by atoms with Crippen molar-refractivity contribution in [1.82, 2.24) is 9.21 Å². The van der Waals surface area contributed by atoms with E-state index < -0.39 is 10.0 Å². The van der Waals surface area contributed by atoms with Crippen molar-refractivity contribution in [1.29, 1.82) is 0 Å². The largest absolute Gasteiger partial charge is 0.395 e. The molecule has 0 bridgehead atoms. The van der Waals surface area contributed by atoms with Gasteiger partial charge in [0, 0.05) is 32.7 Å². The van der Waals surface area contributed by atoms with Gasteiger partial charge in [0.25, 0.3) is 0 Å². The van der Waals surface area contributed by atoms with Crippen molar-refractivity contribution in [2.75, 3.05) is 39.3 Å². The smallest absolute Gasteiger partial charge is 0.217 e. The van der Waals surface area contributed by atoms with E-state index in [1.807, 2.05) is 0 Å². The van der Waals surface area contributed by atoms with Gasteiger partial charge in [0.2, 0.25) is 10.0 Å². The Morgan fingerprint density at radius 3 is 2.20 bits per heavy atom. The van der Waals surface area contributed by atoms with Gasteiger partial charge < -0.3 is 5.11 Å². The molecule has 0 spiro atoms. The Morgan fingerprint density at radius 2 is 1.73 bits per heavy atom. The number of nitrogens with zero attached hydrogens (tertiary/aromatic N) is 2. The zero-order chi connectivity index (χ0) is 10.9. The Hall–Kier alpha value is -0.170. The van der Waals surface area contributed by atoms with Gasteiger partial charge in [-0.3, -0.25) is 4.90 Å². The van der Waals surface area contributed by atoms with Crippen LogP contribution in [0.2, 0.25) is 0 Å². The molecule has 88 valence electrons. The van der Waals surface area contributed by atoms with E-state index in [9.17, 15) is 8.42 Å². The van der Waals surface area contributed by atoms with Crippen LogP contribution in [0, 0.1) is 0 Å². The minimum atomic E-state index is -2.98. The molecule has 1 aliphatic heterocycles. The van der Waals surface area contributed by atoms with Crippen molar-refractivity contribution in [3.63, 3.8) is 0 Å². The minimum absolute atomic E-state index is 0.0955. The molecule has 2 fully saturated rings. The fourth-order valence-electron chi connectivity index (χ4n) is 1.93. The molecule has 2 aliphatic rings. The van der Waals surface area contributed by atoms with Gasteiger partial charge >= 0.3 is 0 Å². The summed E-state index contributed by atoms with van der Waals surface area (Å²) >= 11 is 0. The maximum Gasteiger partial charge on any atom is 0.217 e. The summed E-state index contributed by atoms with van der Waals surface area (Å²) < 4.78 is 25.4. The standard InChI is InChI=1S/C9H18N2O3S/c12-8-7-10-3-5-11(6-4-10)15(13,14)9-1-2-9/h9,12H,1-8H2. The van der Waals surface area contributed by atoms with Crippen LogP contribution in [-0.2, 0) is 10.0 Å². The second-order valence-corrected chi connectivity index (χ2v) is 6.42. The van der Waals surface area contributed by atoms with Crippen molar-refractivity contribution in [3.8, 4) is 0 Å². The molecule has 0 atom stereocenters. The van der Waals surface area contributed by atoms with Crippen LogP contribution in [0.25, 0.3) is 0 Å². The summed E-state index contributed by atoms with van der Waals surface area (Å²) in [4.78, 5) is 2.10. The predicted molar refractivity (Wildman–Crippen MR) is 57.0 cm³/mol. The highest BCUT2D eigenvalue weighted by molar-refractivity contribution is 7.90. The second-order valence-electron chi connectivity index (χ2n) is 4.21. The lowest BCUT2D eigenvalue weighted by molar-refractivity contribution is 0.151. The van der Waals surface area contributed by atoms with Gasteiger partial charge in [-0.1, -0.05) is 0 Å². The lowest BCUT2D eigenvalue weighted by atomic mass is 10.4. The molecule has 1 saturated heterocycles. The zero-order valence-electron chi connectivity index (χ0n) is 8.80. The third kappa shape index (κ3) is 2.50. The highest BCUT2D eigenvalue weighted by atomic mass is 32.2. The van der Waals surface area contributed by atoms with Crippen molar-refractivity contribution in [2.24, 2.45) is 0 Å². The van der Waals surface area contributed by atoms with Crippen LogP contribution >= 0.6 is 0 Å². The predicted octanol–water partition coefficient (Wildman–Crippen LogP) is -0.911. The molecule has 15 heavy (non-hydrogen) atoms. The van der Waals surface area contributed by atoms with Crippen LogP contribution in [0.3, 0.4) is 0 Å². The average Bonchev–Trinajstić information content (AvgIpc) is 3.02. The van der Waals surface area contributed by atoms with Crippen LogP contribution in [0.15, 0.2) is 0 Å². The molecule has 1 aliphatic carbocycles. The topological polar surface area (TPSA) is 60.9 Å². The Labute approximate surface area is 90.7 Å². The minimum Gasteiger partial charge on any atom is -0.395 e. The molecule has 1 heterocycles. The number of piperazine rings is 1. The molecule has 0 unspecified atom stereocenters. The van der Waals surface area contributed by atoms with E-state index in [0.717, 1.165) is 25.9 Å². The van der Waals surface area contributed by atoms with E-state index in [1.54, 1.807) is 4.31 Å². The molecule has 1 N–H and O–H groups in total. The van der Waals surface area contributed by atoms with E-state index in [2.05, 4.69) is 4.90 Å². The highest BCUT2D eigenvalue weighted by Gasteiger charge is 2.40. The van der Waals surface area contributed by atoms with Crippen LogP contribution < -0.4 is 0 Å². The SMILES string of the molecule is O=S(=O)(C1CC1)N1CCN(CCO)CC1. The first-order valence-electron chi connectivity index (χ1n) is 5.47. The number of hydrogen-bond acceptors (Lipinski definition) is 4. The van der Waals surface area contributed by atoms with Gasteiger partial charge in [-0.05, 0) is 12.8 Å². The van der Waals surface area contributed by atoms with E-state index in [4.69, 9.17) is 5.11 Å². The number of rotatable bonds is 4. The summed E-state index contributed by atoms with van der Waals surface area (Å²) in [5.74, 6) is 0. The Kier molecular flexibility index (Phi) is 3.30. The van der Waals surface area contributed by atoms with Gasteiger partial charge in [-0.15, -0.1) is 0 Å². The molecule has 5 nitrogen and oxygen atoms in total. The van der Waals surface area contributed by atoms with E-state index in [-0.39, 0.29) is 11.9 Å². The lowest BCUT2D eigenvalue weighted by Crippen LogP contribution is -2.50. The van der Waals surface area contributed by atoms with Gasteiger partial charge in [0.1, 0.15) is 0 Å². The first-order chi connectivity index (χ1) is 7.14. The van der Waals surface area contributed by atoms with Gasteiger partial charge in [-0.25, -0.2) is 8.42 Å². The Bertz CT molecular complexity index is 305. The van der Waals surface area contributed by atoms with Crippen LogP contribution in [0.5, 0.6) is 0 Å². The normalized spacial score (nSPS) is 25.7. The summed E-state index contributed by atoms with van der Waals surface area (Å²) in [5, 5.41) is 8.67. The average molecular weight is 234 g/mol. The number of aliphatic hydroxyl groups excluding tert-OH is 1.